The number of carbonyl (C=O) groups excluding carboxylic acids is 1. The standard InChI is InChI=1S/C23H21N3O10S5/c1-36-12-3-4-14-13(9-12)24(7-2-8-41(33,34)35)16(38-14)6-5-15-20(31)25(10-17(27)28)22(39-15)19-21(32)26(11-18(29)30)23(37)40-19/h3-6,9H,2,7-8,10-11H2,1H3,(H,27,28)(H,29,30)(H,33,34,35)/b15-5?,16-6?,22-19-. The number of fused-ring (bicyclic) bond motifs is 1. The summed E-state index contributed by atoms with van der Waals surface area (Å²) in [5.41, 5.74) is 0.0582. The summed E-state index contributed by atoms with van der Waals surface area (Å²) in [6.07, 6.45) is 3.18. The Labute approximate surface area is 250 Å². The van der Waals surface area contributed by atoms with Gasteiger partial charge in [0, 0.05) is 17.5 Å². The molecule has 2 aliphatic heterocycles. The van der Waals surface area contributed by atoms with Gasteiger partial charge in [0.2, 0.25) is 0 Å². The van der Waals surface area contributed by atoms with Crippen LogP contribution in [0.15, 0.2) is 39.0 Å². The minimum absolute atomic E-state index is 0.0288. The van der Waals surface area contributed by atoms with Crippen LogP contribution in [0.2, 0.25) is 0 Å². The molecule has 1 aromatic heterocycles. The summed E-state index contributed by atoms with van der Waals surface area (Å²) in [4.78, 5) is 52.3. The molecule has 1 saturated heterocycles. The topological polar surface area (TPSA) is 184 Å². The van der Waals surface area contributed by atoms with E-state index in [9.17, 15) is 32.7 Å². The first-order chi connectivity index (χ1) is 19.3. The number of anilines is 1. The number of nitrogens with zero attached hydrogens (tertiary/aromatic N) is 3. The highest BCUT2D eigenvalue weighted by Gasteiger charge is 2.35. The summed E-state index contributed by atoms with van der Waals surface area (Å²) in [5, 5.41) is 19.1. The predicted octanol–water partition coefficient (Wildman–Crippen LogP) is 0.568. The number of hydrogen-bond acceptors (Lipinski definition) is 12. The molecule has 0 bridgehead atoms. The second kappa shape index (κ2) is 12.4. The normalized spacial score (nSPS) is 18.0. The highest BCUT2D eigenvalue weighted by Crippen LogP contribution is 2.47. The van der Waals surface area contributed by atoms with Crippen LogP contribution in [-0.4, -0.2) is 80.8 Å². The smallest absolute Gasteiger partial charge is 0.323 e. The van der Waals surface area contributed by atoms with E-state index in [1.54, 1.807) is 18.2 Å². The van der Waals surface area contributed by atoms with Crippen molar-refractivity contribution in [2.24, 2.45) is 0 Å². The third kappa shape index (κ3) is 7.02. The fourth-order valence-electron chi connectivity index (χ4n) is 3.89. The molecule has 0 aliphatic carbocycles. The van der Waals surface area contributed by atoms with Crippen LogP contribution in [0.25, 0.3) is 11.0 Å². The maximum absolute atomic E-state index is 13.2. The molecular weight excluding hydrogens is 639 g/mol. The molecule has 0 radical (unpaired) electrons. The second-order valence-corrected chi connectivity index (χ2v) is 13.7. The van der Waals surface area contributed by atoms with Crippen molar-refractivity contribution in [3.8, 4) is 5.75 Å². The number of thioether (sulfide) groups is 2. The number of rotatable bonds is 10. The summed E-state index contributed by atoms with van der Waals surface area (Å²) in [6.45, 7) is -1.20. The molecule has 3 N–H and O–H groups in total. The SMILES string of the molecule is COc1ccc2c(c1)N(CCCS(=O)(=O)O)C(=CC=c1s/c(=C3\SC(=S)N(CC(=O)O)C3=O)n(CC(=O)O)c1=O)S2. The first-order valence-electron chi connectivity index (χ1n) is 11.5. The Bertz CT molecular complexity index is 1780. The van der Waals surface area contributed by atoms with Crippen molar-refractivity contribution in [2.45, 2.75) is 17.9 Å². The van der Waals surface area contributed by atoms with Crippen molar-refractivity contribution in [2.75, 3.05) is 30.9 Å². The first kappa shape index (κ1) is 30.8. The number of carboxylic acids is 2. The van der Waals surface area contributed by atoms with Gasteiger partial charge in [0.25, 0.3) is 21.6 Å². The molecule has 18 heteroatoms. The Hall–Kier alpha value is -3.16. The van der Waals surface area contributed by atoms with E-state index >= 15 is 0 Å². The average Bonchev–Trinajstić information content (AvgIpc) is 3.48. The minimum Gasteiger partial charge on any atom is -0.497 e. The molecule has 41 heavy (non-hydrogen) atoms. The maximum atomic E-state index is 13.2. The third-order valence-electron chi connectivity index (χ3n) is 5.64. The van der Waals surface area contributed by atoms with Crippen molar-refractivity contribution in [3.05, 3.63) is 48.9 Å². The van der Waals surface area contributed by atoms with Gasteiger partial charge in [-0.3, -0.25) is 33.2 Å². The molecule has 13 nitrogen and oxygen atoms in total. The monoisotopic (exact) mass is 659 g/mol. The number of aromatic nitrogens is 1. The number of thiazole rings is 1. The van der Waals surface area contributed by atoms with Crippen molar-refractivity contribution in [1.82, 2.24) is 9.47 Å². The second-order valence-electron chi connectivity index (χ2n) is 8.44. The summed E-state index contributed by atoms with van der Waals surface area (Å²) in [5.74, 6) is -3.24. The number of benzene rings is 1. The Balaban J connectivity index is 1.80. The zero-order chi connectivity index (χ0) is 30.1. The maximum Gasteiger partial charge on any atom is 0.323 e. The van der Waals surface area contributed by atoms with Crippen LogP contribution in [0, 0.1) is 0 Å². The fourth-order valence-corrected chi connectivity index (χ4v) is 7.91. The van der Waals surface area contributed by atoms with E-state index in [0.717, 1.165) is 43.1 Å². The molecule has 4 rings (SSSR count). The van der Waals surface area contributed by atoms with Crippen molar-refractivity contribution in [1.29, 1.82) is 0 Å². The number of hydrogen-bond donors (Lipinski definition) is 3. The number of aliphatic carboxylic acids is 2. The highest BCUT2D eigenvalue weighted by molar-refractivity contribution is 8.30. The van der Waals surface area contributed by atoms with E-state index in [2.05, 4.69) is 0 Å². The molecule has 1 aromatic carbocycles. The molecule has 0 atom stereocenters. The Kier molecular flexibility index (Phi) is 9.29. The van der Waals surface area contributed by atoms with Gasteiger partial charge >= 0.3 is 11.9 Å². The lowest BCUT2D eigenvalue weighted by atomic mass is 10.2. The van der Waals surface area contributed by atoms with Crippen LogP contribution >= 0.6 is 47.1 Å². The Morgan fingerprint density at radius 2 is 1.78 bits per heavy atom. The van der Waals surface area contributed by atoms with Gasteiger partial charge < -0.3 is 19.8 Å². The molecule has 1 fully saturated rings. The van der Waals surface area contributed by atoms with Gasteiger partial charge in [-0.25, -0.2) is 0 Å². The number of carbonyl (C=O) groups is 3. The van der Waals surface area contributed by atoms with Gasteiger partial charge in [-0.1, -0.05) is 35.7 Å². The van der Waals surface area contributed by atoms with E-state index in [4.69, 9.17) is 26.6 Å². The first-order valence-corrected chi connectivity index (χ1v) is 16.0. The van der Waals surface area contributed by atoms with Crippen LogP contribution in [0.5, 0.6) is 5.75 Å². The number of amides is 1. The summed E-state index contributed by atoms with van der Waals surface area (Å²) in [6, 6.07) is 5.35. The molecule has 0 unspecified atom stereocenters. The van der Waals surface area contributed by atoms with Gasteiger partial charge in [-0.05, 0) is 30.7 Å². The van der Waals surface area contributed by atoms with Gasteiger partial charge in [0.15, 0.2) is 0 Å². The Morgan fingerprint density at radius 3 is 2.41 bits per heavy atom. The molecule has 3 heterocycles. The summed E-state index contributed by atoms with van der Waals surface area (Å²) >= 11 is 8.12. The molecule has 2 aliphatic rings. The van der Waals surface area contributed by atoms with Crippen molar-refractivity contribution < 1.29 is 42.3 Å². The van der Waals surface area contributed by atoms with Crippen LogP contribution < -0.4 is 24.4 Å². The lowest BCUT2D eigenvalue weighted by Crippen LogP contribution is -2.36. The van der Waals surface area contributed by atoms with Crippen LogP contribution in [0.3, 0.4) is 0 Å². The van der Waals surface area contributed by atoms with E-state index in [0.29, 0.717) is 10.8 Å². The van der Waals surface area contributed by atoms with Crippen LogP contribution in [0.4, 0.5) is 5.69 Å². The van der Waals surface area contributed by atoms with Crippen LogP contribution in [-0.2, 0) is 31.0 Å². The van der Waals surface area contributed by atoms with E-state index < -0.39 is 52.4 Å². The number of thiocarbonyl (C=S) groups is 1. The highest BCUT2D eigenvalue weighted by atomic mass is 32.2. The molecule has 1 amide bonds. The van der Waals surface area contributed by atoms with E-state index in [1.807, 2.05) is 11.0 Å². The molecule has 0 spiro atoms. The van der Waals surface area contributed by atoms with Crippen molar-refractivity contribution in [3.63, 3.8) is 0 Å². The lowest BCUT2D eigenvalue weighted by Gasteiger charge is -2.20. The molecule has 2 aromatic rings. The zero-order valence-corrected chi connectivity index (χ0v) is 25.1. The molecule has 0 saturated carbocycles. The van der Waals surface area contributed by atoms with Gasteiger partial charge in [0.1, 0.15) is 32.7 Å². The van der Waals surface area contributed by atoms with Gasteiger partial charge in [-0.15, -0.1) is 11.3 Å². The number of allylic oxidation sites excluding steroid dienone is 1. The van der Waals surface area contributed by atoms with E-state index in [-0.39, 0.29) is 31.4 Å². The molecule has 218 valence electrons. The average molecular weight is 660 g/mol. The van der Waals surface area contributed by atoms with E-state index in [1.165, 1.54) is 24.9 Å². The number of carboxylic acid groups (broad SMARTS) is 2. The fraction of sp³-hybridized carbons (Fsp3) is 0.261. The largest absolute Gasteiger partial charge is 0.497 e. The lowest BCUT2D eigenvalue weighted by molar-refractivity contribution is -0.140. The van der Waals surface area contributed by atoms with Crippen LogP contribution in [0.1, 0.15) is 6.42 Å². The van der Waals surface area contributed by atoms with Crippen molar-refractivity contribution >= 4 is 96.0 Å². The third-order valence-corrected chi connectivity index (χ3v) is 10.3. The molecular formula is C23H21N3O10S5. The zero-order valence-electron chi connectivity index (χ0n) is 21.0. The number of ether oxygens (including phenoxy) is 1. The Morgan fingerprint density at radius 1 is 1.07 bits per heavy atom. The minimum atomic E-state index is -4.18. The van der Waals surface area contributed by atoms with Gasteiger partial charge in [0.05, 0.1) is 28.1 Å². The quantitative estimate of drug-likeness (QED) is 0.238. The number of methoxy groups -OCH3 is 1. The predicted molar refractivity (Wildman–Crippen MR) is 158 cm³/mol. The summed E-state index contributed by atoms with van der Waals surface area (Å²) in [7, 11) is -2.67. The van der Waals surface area contributed by atoms with Gasteiger partial charge in [-0.2, -0.15) is 8.42 Å². The summed E-state index contributed by atoms with van der Waals surface area (Å²) < 4.78 is 38.0.